The van der Waals surface area contributed by atoms with Gasteiger partial charge >= 0.3 is 0 Å². The lowest BCUT2D eigenvalue weighted by atomic mass is 10.1. The molecule has 2 unspecified atom stereocenters. The first-order valence-electron chi connectivity index (χ1n) is 8.49. The number of rotatable bonds is 5. The van der Waals surface area contributed by atoms with Crippen molar-refractivity contribution in [3.63, 3.8) is 0 Å². The van der Waals surface area contributed by atoms with Crippen LogP contribution in [0.25, 0.3) is 0 Å². The maximum atomic E-state index is 4.94. The number of hydrogen-bond donors (Lipinski definition) is 1. The van der Waals surface area contributed by atoms with E-state index in [9.17, 15) is 0 Å². The number of nitrogens with one attached hydrogen (secondary N) is 1. The van der Waals surface area contributed by atoms with E-state index < -0.39 is 0 Å². The van der Waals surface area contributed by atoms with Crippen molar-refractivity contribution in [3.8, 4) is 0 Å². The summed E-state index contributed by atoms with van der Waals surface area (Å²) >= 11 is 0. The van der Waals surface area contributed by atoms with Gasteiger partial charge in [-0.1, -0.05) is 13.8 Å². The molecule has 1 aromatic rings. The van der Waals surface area contributed by atoms with Gasteiger partial charge in [-0.25, -0.2) is 9.97 Å². The van der Waals surface area contributed by atoms with Gasteiger partial charge in [0.15, 0.2) is 0 Å². The first kappa shape index (κ1) is 14.6. The summed E-state index contributed by atoms with van der Waals surface area (Å²) in [5, 5.41) is 3.50. The third kappa shape index (κ3) is 2.99. The van der Waals surface area contributed by atoms with Crippen LogP contribution in [-0.4, -0.2) is 29.1 Å². The molecule has 1 aliphatic carbocycles. The van der Waals surface area contributed by atoms with Gasteiger partial charge in [-0.2, -0.15) is 0 Å². The minimum Gasteiger partial charge on any atom is -0.370 e. The topological polar surface area (TPSA) is 41.1 Å². The van der Waals surface area contributed by atoms with Crippen molar-refractivity contribution in [2.45, 2.75) is 65.3 Å². The number of anilines is 2. The van der Waals surface area contributed by atoms with Crippen LogP contribution in [-0.2, 0) is 0 Å². The van der Waals surface area contributed by atoms with Crippen molar-refractivity contribution in [1.82, 2.24) is 9.97 Å². The molecule has 21 heavy (non-hydrogen) atoms. The van der Waals surface area contributed by atoms with Gasteiger partial charge in [-0.05, 0) is 45.4 Å². The summed E-state index contributed by atoms with van der Waals surface area (Å²) in [5.74, 6) is 4.63. The SMILES string of the molecule is CCCNc1nc(C2CC2)nc(N2CC(C)CC2C)c1C. The molecule has 0 amide bonds. The summed E-state index contributed by atoms with van der Waals surface area (Å²) in [6.45, 7) is 11.1. The molecular formula is C17H28N4. The van der Waals surface area contributed by atoms with Gasteiger partial charge in [0, 0.05) is 30.6 Å². The van der Waals surface area contributed by atoms with Crippen LogP contribution in [0.3, 0.4) is 0 Å². The molecule has 1 aliphatic heterocycles. The Morgan fingerprint density at radius 2 is 2.00 bits per heavy atom. The molecule has 1 saturated carbocycles. The highest BCUT2D eigenvalue weighted by atomic mass is 15.2. The molecule has 0 bridgehead atoms. The second-order valence-electron chi connectivity index (χ2n) is 6.92. The number of hydrogen-bond acceptors (Lipinski definition) is 4. The van der Waals surface area contributed by atoms with E-state index in [1.165, 1.54) is 30.6 Å². The summed E-state index contributed by atoms with van der Waals surface area (Å²) in [4.78, 5) is 12.2. The Morgan fingerprint density at radius 3 is 2.57 bits per heavy atom. The van der Waals surface area contributed by atoms with Gasteiger partial charge in [-0.15, -0.1) is 0 Å². The van der Waals surface area contributed by atoms with Crippen LogP contribution >= 0.6 is 0 Å². The van der Waals surface area contributed by atoms with Gasteiger partial charge in [0.05, 0.1) is 0 Å². The lowest BCUT2D eigenvalue weighted by Crippen LogP contribution is -2.29. The molecule has 1 N–H and O–H groups in total. The van der Waals surface area contributed by atoms with Crippen molar-refractivity contribution >= 4 is 11.6 Å². The zero-order valence-corrected chi connectivity index (χ0v) is 13.8. The number of aromatic nitrogens is 2. The third-order valence-electron chi connectivity index (χ3n) is 4.68. The zero-order chi connectivity index (χ0) is 15.0. The fourth-order valence-corrected chi connectivity index (χ4v) is 3.34. The van der Waals surface area contributed by atoms with E-state index in [1.54, 1.807) is 0 Å². The second-order valence-corrected chi connectivity index (χ2v) is 6.92. The third-order valence-corrected chi connectivity index (χ3v) is 4.68. The second kappa shape index (κ2) is 5.82. The molecule has 116 valence electrons. The minimum atomic E-state index is 0.583. The van der Waals surface area contributed by atoms with Gasteiger partial charge in [0.25, 0.3) is 0 Å². The summed E-state index contributed by atoms with van der Waals surface area (Å²) < 4.78 is 0. The summed E-state index contributed by atoms with van der Waals surface area (Å²) in [6, 6.07) is 0.583. The fourth-order valence-electron chi connectivity index (χ4n) is 3.34. The van der Waals surface area contributed by atoms with Crippen LogP contribution in [0.4, 0.5) is 11.6 Å². The Balaban J connectivity index is 1.95. The Morgan fingerprint density at radius 1 is 1.24 bits per heavy atom. The van der Waals surface area contributed by atoms with Crippen LogP contribution < -0.4 is 10.2 Å². The van der Waals surface area contributed by atoms with Crippen molar-refractivity contribution in [1.29, 1.82) is 0 Å². The Kier molecular flexibility index (Phi) is 4.05. The quantitative estimate of drug-likeness (QED) is 0.896. The molecule has 1 aromatic heterocycles. The highest BCUT2D eigenvalue weighted by Gasteiger charge is 2.32. The molecule has 0 aromatic carbocycles. The van der Waals surface area contributed by atoms with E-state index in [0.717, 1.165) is 37.1 Å². The summed E-state index contributed by atoms with van der Waals surface area (Å²) in [5.41, 5.74) is 1.22. The van der Waals surface area contributed by atoms with E-state index in [2.05, 4.69) is 37.9 Å². The molecule has 2 atom stereocenters. The van der Waals surface area contributed by atoms with Crippen molar-refractivity contribution in [2.75, 3.05) is 23.3 Å². The van der Waals surface area contributed by atoms with Gasteiger partial charge in [-0.3, -0.25) is 0 Å². The molecule has 2 heterocycles. The van der Waals surface area contributed by atoms with Gasteiger partial charge in [0.2, 0.25) is 0 Å². The summed E-state index contributed by atoms with van der Waals surface area (Å²) in [7, 11) is 0. The lowest BCUT2D eigenvalue weighted by Gasteiger charge is -2.26. The minimum absolute atomic E-state index is 0.583. The molecule has 3 rings (SSSR count). The first-order chi connectivity index (χ1) is 10.1. The maximum absolute atomic E-state index is 4.94. The highest BCUT2D eigenvalue weighted by Crippen LogP contribution is 2.41. The van der Waals surface area contributed by atoms with Crippen molar-refractivity contribution < 1.29 is 0 Å². The van der Waals surface area contributed by atoms with E-state index >= 15 is 0 Å². The van der Waals surface area contributed by atoms with Gasteiger partial charge < -0.3 is 10.2 Å². The van der Waals surface area contributed by atoms with Crippen LogP contribution in [0.15, 0.2) is 0 Å². The summed E-state index contributed by atoms with van der Waals surface area (Å²) in [6.07, 6.45) is 4.89. The number of nitrogens with zero attached hydrogens (tertiary/aromatic N) is 3. The largest absolute Gasteiger partial charge is 0.370 e. The molecule has 2 aliphatic rings. The van der Waals surface area contributed by atoms with Crippen LogP contribution in [0.2, 0.25) is 0 Å². The molecule has 0 radical (unpaired) electrons. The predicted molar refractivity (Wildman–Crippen MR) is 88.1 cm³/mol. The average Bonchev–Trinajstić information content (AvgIpc) is 3.23. The van der Waals surface area contributed by atoms with Crippen LogP contribution in [0, 0.1) is 12.8 Å². The average molecular weight is 288 g/mol. The van der Waals surface area contributed by atoms with Crippen LogP contribution in [0.5, 0.6) is 0 Å². The lowest BCUT2D eigenvalue weighted by molar-refractivity contribution is 0.625. The fraction of sp³-hybridized carbons (Fsp3) is 0.765. The van der Waals surface area contributed by atoms with Crippen LogP contribution in [0.1, 0.15) is 63.8 Å². The van der Waals surface area contributed by atoms with Crippen molar-refractivity contribution in [3.05, 3.63) is 11.4 Å². The van der Waals surface area contributed by atoms with E-state index in [1.807, 2.05) is 0 Å². The zero-order valence-electron chi connectivity index (χ0n) is 13.8. The molecule has 4 nitrogen and oxygen atoms in total. The molecule has 4 heteroatoms. The first-order valence-corrected chi connectivity index (χ1v) is 8.49. The van der Waals surface area contributed by atoms with Gasteiger partial charge in [0.1, 0.15) is 17.5 Å². The molecular weight excluding hydrogens is 260 g/mol. The Bertz CT molecular complexity index is 510. The monoisotopic (exact) mass is 288 g/mol. The highest BCUT2D eigenvalue weighted by molar-refractivity contribution is 5.60. The molecule has 0 spiro atoms. The predicted octanol–water partition coefficient (Wildman–Crippen LogP) is 3.72. The molecule has 2 fully saturated rings. The smallest absolute Gasteiger partial charge is 0.137 e. The van der Waals surface area contributed by atoms with Crippen molar-refractivity contribution in [2.24, 2.45) is 5.92 Å². The van der Waals surface area contributed by atoms with E-state index in [4.69, 9.17) is 9.97 Å². The standard InChI is InChI=1S/C17H28N4/c1-5-8-18-15-13(4)17(20-16(19-15)14-6-7-14)21-10-11(2)9-12(21)3/h11-12,14H,5-10H2,1-4H3,(H,18,19,20). The Labute approximate surface area is 128 Å². The maximum Gasteiger partial charge on any atom is 0.137 e. The van der Waals surface area contributed by atoms with E-state index in [0.29, 0.717) is 12.0 Å². The normalized spacial score (nSPS) is 25.4. The molecule has 1 saturated heterocycles. The Hall–Kier alpha value is -1.32. The van der Waals surface area contributed by atoms with E-state index in [-0.39, 0.29) is 0 Å².